The van der Waals surface area contributed by atoms with Crippen LogP contribution in [0.15, 0.2) is 72.8 Å². The van der Waals surface area contributed by atoms with E-state index in [4.69, 9.17) is 4.74 Å². The van der Waals surface area contributed by atoms with E-state index in [1.54, 1.807) is 66.2 Å². The summed E-state index contributed by atoms with van der Waals surface area (Å²) in [6.07, 6.45) is 2.67. The SMILES string of the molecule is COc1ccc(N2C(=O)[C@@H]3[C@H](CCSC)[NH2+][C@@]4(C(=O)N(Cc5ccccc5F)c5ccccc54)[C@@H]3C2=O)cc1. The molecule has 2 N–H and O–H groups in total. The van der Waals surface area contributed by atoms with Gasteiger partial charge < -0.3 is 15.0 Å². The van der Waals surface area contributed by atoms with Gasteiger partial charge in [-0.25, -0.2) is 9.29 Å². The van der Waals surface area contributed by atoms with Crippen LogP contribution in [0.1, 0.15) is 17.5 Å². The van der Waals surface area contributed by atoms with E-state index >= 15 is 0 Å². The average Bonchev–Trinajstić information content (AvgIpc) is 3.52. The molecule has 9 heteroatoms. The molecule has 0 radical (unpaired) electrons. The number of para-hydroxylation sites is 1. The Labute approximate surface area is 230 Å². The number of benzene rings is 3. The quantitative estimate of drug-likeness (QED) is 0.461. The summed E-state index contributed by atoms with van der Waals surface area (Å²) in [6.45, 7) is 0.0370. The number of carbonyl (C=O) groups excluding carboxylic acids is 3. The maximum Gasteiger partial charge on any atom is 0.294 e. The Bertz CT molecular complexity index is 1460. The molecule has 2 fully saturated rings. The highest BCUT2D eigenvalue weighted by Gasteiger charge is 2.75. The molecule has 0 unspecified atom stereocenters. The third-order valence-corrected chi connectivity index (χ3v) is 8.94. The monoisotopic (exact) mass is 546 g/mol. The van der Waals surface area contributed by atoms with Crippen molar-refractivity contribution in [1.29, 1.82) is 0 Å². The fraction of sp³-hybridized carbons (Fsp3) is 0.300. The Hall–Kier alpha value is -3.69. The Morgan fingerprint density at radius 1 is 0.974 bits per heavy atom. The molecule has 3 aliphatic rings. The van der Waals surface area contributed by atoms with Gasteiger partial charge in [-0.05, 0) is 48.4 Å². The van der Waals surface area contributed by atoms with Crippen molar-refractivity contribution < 1.29 is 28.8 Å². The van der Waals surface area contributed by atoms with Crippen molar-refractivity contribution in [3.05, 3.63) is 89.7 Å². The molecule has 3 aromatic rings. The topological polar surface area (TPSA) is 83.5 Å². The van der Waals surface area contributed by atoms with E-state index in [1.807, 2.05) is 35.8 Å². The summed E-state index contributed by atoms with van der Waals surface area (Å²) in [5, 5.41) is 1.96. The second-order valence-corrected chi connectivity index (χ2v) is 11.2. The lowest BCUT2D eigenvalue weighted by Crippen LogP contribution is -2.99. The largest absolute Gasteiger partial charge is 0.497 e. The summed E-state index contributed by atoms with van der Waals surface area (Å²) < 4.78 is 19.9. The lowest BCUT2D eigenvalue weighted by Gasteiger charge is -2.27. The van der Waals surface area contributed by atoms with Crippen molar-refractivity contribution in [3.8, 4) is 5.75 Å². The van der Waals surface area contributed by atoms with Crippen molar-refractivity contribution in [1.82, 2.24) is 0 Å². The van der Waals surface area contributed by atoms with E-state index in [0.29, 0.717) is 34.7 Å². The molecular weight excluding hydrogens is 517 g/mol. The Morgan fingerprint density at radius 3 is 2.41 bits per heavy atom. The van der Waals surface area contributed by atoms with Crippen LogP contribution >= 0.6 is 11.8 Å². The maximum atomic E-state index is 14.7. The number of quaternary nitrogens is 1. The highest BCUT2D eigenvalue weighted by Crippen LogP contribution is 2.52. The standard InChI is InChI=1S/C30H28FN3O4S/c1-38-20-13-11-19(12-14-20)34-27(35)25-23(15-16-39-2)32-30(26(25)28(34)36)21-8-4-6-10-24(21)33(29(30)37)17-18-7-3-5-9-22(18)31/h3-14,23,25-26,32H,15-17H2,1-2H3/p+1/t23-,25+,26-,30+/m0/s1. The second kappa shape index (κ2) is 9.81. The lowest BCUT2D eigenvalue weighted by molar-refractivity contribution is -0.733. The maximum absolute atomic E-state index is 14.7. The number of imide groups is 1. The van der Waals surface area contributed by atoms with Gasteiger partial charge in [0.05, 0.1) is 25.0 Å². The summed E-state index contributed by atoms with van der Waals surface area (Å²) in [6, 6.07) is 20.3. The van der Waals surface area contributed by atoms with Crippen LogP contribution in [0.25, 0.3) is 0 Å². The Morgan fingerprint density at radius 2 is 1.69 bits per heavy atom. The van der Waals surface area contributed by atoms with Crippen molar-refractivity contribution >= 4 is 40.9 Å². The summed E-state index contributed by atoms with van der Waals surface area (Å²) in [5.74, 6) is -1.47. The van der Waals surface area contributed by atoms with Gasteiger partial charge in [-0.3, -0.25) is 14.4 Å². The number of carbonyl (C=O) groups is 3. The van der Waals surface area contributed by atoms with E-state index < -0.39 is 23.2 Å². The molecule has 0 aromatic heterocycles. The zero-order valence-electron chi connectivity index (χ0n) is 21.7. The van der Waals surface area contributed by atoms with Crippen LogP contribution in [0.2, 0.25) is 0 Å². The fourth-order valence-corrected chi connectivity index (χ4v) is 7.08. The first-order valence-electron chi connectivity index (χ1n) is 12.9. The van der Waals surface area contributed by atoms with Crippen LogP contribution in [-0.2, 0) is 26.5 Å². The normalized spacial score (nSPS) is 25.5. The smallest absolute Gasteiger partial charge is 0.294 e. The molecule has 0 bridgehead atoms. The summed E-state index contributed by atoms with van der Waals surface area (Å²) in [5.41, 5.74) is 0.893. The molecule has 4 atom stereocenters. The van der Waals surface area contributed by atoms with Crippen LogP contribution < -0.4 is 19.9 Å². The van der Waals surface area contributed by atoms with Crippen LogP contribution in [0.3, 0.4) is 0 Å². The zero-order chi connectivity index (χ0) is 27.3. The lowest BCUT2D eigenvalue weighted by atomic mass is 9.76. The summed E-state index contributed by atoms with van der Waals surface area (Å²) in [7, 11) is 1.55. The average molecular weight is 547 g/mol. The molecule has 3 amide bonds. The van der Waals surface area contributed by atoms with Gasteiger partial charge in [0.2, 0.25) is 17.4 Å². The van der Waals surface area contributed by atoms with Gasteiger partial charge in [-0.1, -0.05) is 36.4 Å². The van der Waals surface area contributed by atoms with E-state index in [0.717, 1.165) is 5.75 Å². The number of thioether (sulfide) groups is 1. The molecule has 3 aliphatic heterocycles. The van der Waals surface area contributed by atoms with E-state index in [1.165, 1.54) is 11.0 Å². The molecule has 1 spiro atoms. The third kappa shape index (κ3) is 3.78. The van der Waals surface area contributed by atoms with Crippen LogP contribution in [0.5, 0.6) is 5.75 Å². The van der Waals surface area contributed by atoms with Gasteiger partial charge in [0.25, 0.3) is 5.91 Å². The number of ether oxygens (including phenoxy) is 1. The van der Waals surface area contributed by atoms with Crippen LogP contribution in [0.4, 0.5) is 15.8 Å². The molecule has 2 saturated heterocycles. The number of hydrogen-bond acceptors (Lipinski definition) is 5. The fourth-order valence-electron chi connectivity index (χ4n) is 6.57. The first kappa shape index (κ1) is 25.6. The molecular formula is C30H29FN3O4S+. The molecule has 6 rings (SSSR count). The highest BCUT2D eigenvalue weighted by atomic mass is 32.2. The molecule has 3 heterocycles. The van der Waals surface area contributed by atoms with Gasteiger partial charge in [0, 0.05) is 17.5 Å². The first-order valence-corrected chi connectivity index (χ1v) is 14.3. The zero-order valence-corrected chi connectivity index (χ0v) is 22.5. The van der Waals surface area contributed by atoms with Gasteiger partial charge >= 0.3 is 0 Å². The Balaban J connectivity index is 1.46. The number of hydrogen-bond donors (Lipinski definition) is 1. The predicted molar refractivity (Wildman–Crippen MR) is 147 cm³/mol. The predicted octanol–water partition coefficient (Wildman–Crippen LogP) is 3.08. The minimum atomic E-state index is -1.30. The molecule has 0 aliphatic carbocycles. The summed E-state index contributed by atoms with van der Waals surface area (Å²) >= 11 is 1.67. The van der Waals surface area contributed by atoms with Crippen molar-refractivity contribution in [2.45, 2.75) is 24.5 Å². The first-order chi connectivity index (χ1) is 18.9. The van der Waals surface area contributed by atoms with E-state index in [-0.39, 0.29) is 30.3 Å². The number of nitrogens with two attached hydrogens (primary N) is 1. The number of halogens is 1. The molecule has 200 valence electrons. The third-order valence-electron chi connectivity index (χ3n) is 8.29. The molecule has 7 nitrogen and oxygen atoms in total. The van der Waals surface area contributed by atoms with Crippen LogP contribution in [-0.4, -0.2) is 42.9 Å². The number of anilines is 2. The van der Waals surface area contributed by atoms with Gasteiger partial charge in [-0.2, -0.15) is 11.8 Å². The number of fused-ring (bicyclic) bond motifs is 4. The van der Waals surface area contributed by atoms with E-state index in [9.17, 15) is 18.8 Å². The minimum Gasteiger partial charge on any atom is -0.497 e. The molecule has 0 saturated carbocycles. The number of methoxy groups -OCH3 is 1. The highest BCUT2D eigenvalue weighted by molar-refractivity contribution is 7.98. The Kier molecular flexibility index (Phi) is 6.43. The van der Waals surface area contributed by atoms with Gasteiger partial charge in [-0.15, -0.1) is 0 Å². The van der Waals surface area contributed by atoms with Gasteiger partial charge in [0.1, 0.15) is 29.4 Å². The van der Waals surface area contributed by atoms with Crippen LogP contribution in [0, 0.1) is 17.7 Å². The minimum absolute atomic E-state index is 0.0370. The van der Waals surface area contributed by atoms with Crippen molar-refractivity contribution in [2.75, 3.05) is 28.9 Å². The number of amides is 3. The summed E-state index contributed by atoms with van der Waals surface area (Å²) in [4.78, 5) is 45.5. The second-order valence-electron chi connectivity index (χ2n) is 10.2. The number of nitrogens with zero attached hydrogens (tertiary/aromatic N) is 2. The van der Waals surface area contributed by atoms with Crippen molar-refractivity contribution in [2.24, 2.45) is 11.8 Å². The number of rotatable bonds is 7. The van der Waals surface area contributed by atoms with Crippen molar-refractivity contribution in [3.63, 3.8) is 0 Å². The van der Waals surface area contributed by atoms with E-state index in [2.05, 4.69) is 0 Å². The molecule has 3 aromatic carbocycles. The van der Waals surface area contributed by atoms with Gasteiger partial charge in [0.15, 0.2) is 0 Å². The molecule has 39 heavy (non-hydrogen) atoms.